The van der Waals surface area contributed by atoms with E-state index in [1.807, 2.05) is 0 Å². The first-order chi connectivity index (χ1) is 11.9. The van der Waals surface area contributed by atoms with Crippen LogP contribution < -0.4 is 5.32 Å². The predicted octanol–water partition coefficient (Wildman–Crippen LogP) is 3.33. The number of alkyl halides is 3. The average molecular weight is 348 g/mol. The fourth-order valence-corrected chi connectivity index (χ4v) is 2.59. The molecule has 2 aromatic heterocycles. The van der Waals surface area contributed by atoms with Crippen LogP contribution in [0.2, 0.25) is 0 Å². The van der Waals surface area contributed by atoms with Crippen molar-refractivity contribution < 1.29 is 18.0 Å². The van der Waals surface area contributed by atoms with Gasteiger partial charge in [0.15, 0.2) is 0 Å². The summed E-state index contributed by atoms with van der Waals surface area (Å²) in [6.45, 7) is 1.63. The summed E-state index contributed by atoms with van der Waals surface area (Å²) < 4.78 is 40.9. The summed E-state index contributed by atoms with van der Waals surface area (Å²) in [5, 5.41) is 2.65. The third-order valence-electron chi connectivity index (χ3n) is 3.83. The number of para-hydroxylation sites is 2. The molecule has 2 heterocycles. The minimum absolute atomic E-state index is 0.198. The van der Waals surface area contributed by atoms with Crippen LogP contribution in [0, 0.1) is 0 Å². The summed E-state index contributed by atoms with van der Waals surface area (Å²) in [5.41, 5.74) is 1.27. The van der Waals surface area contributed by atoms with Crippen LogP contribution in [-0.2, 0) is 17.5 Å². The van der Waals surface area contributed by atoms with E-state index in [1.165, 1.54) is 19.1 Å². The zero-order chi connectivity index (χ0) is 18.0. The highest BCUT2D eigenvalue weighted by Gasteiger charge is 2.39. The summed E-state index contributed by atoms with van der Waals surface area (Å²) in [5.74, 6) is -1.61. The lowest BCUT2D eigenvalue weighted by molar-refractivity contribution is -0.148. The highest BCUT2D eigenvalue weighted by Crippen LogP contribution is 2.33. The quantitative estimate of drug-likeness (QED) is 0.787. The van der Waals surface area contributed by atoms with Crippen LogP contribution in [0.5, 0.6) is 0 Å². The zero-order valence-electron chi connectivity index (χ0n) is 13.3. The molecule has 8 heteroatoms. The number of imidazole rings is 1. The lowest BCUT2D eigenvalue weighted by Gasteiger charge is -2.18. The molecule has 1 aromatic carbocycles. The summed E-state index contributed by atoms with van der Waals surface area (Å²) in [7, 11) is 0. The normalized spacial score (nSPS) is 13.0. The van der Waals surface area contributed by atoms with Crippen LogP contribution >= 0.6 is 0 Å². The Labute approximate surface area is 141 Å². The number of hydrogen-bond acceptors (Lipinski definition) is 3. The Hall–Kier alpha value is -2.90. The van der Waals surface area contributed by atoms with Gasteiger partial charge in [-0.15, -0.1) is 0 Å². The number of carbonyl (C=O) groups excluding carboxylic acids is 1. The number of fused-ring (bicyclic) bond motifs is 1. The van der Waals surface area contributed by atoms with Crippen molar-refractivity contribution in [3.8, 4) is 0 Å². The molecule has 130 valence electrons. The van der Waals surface area contributed by atoms with E-state index in [0.29, 0.717) is 0 Å². The first-order valence-corrected chi connectivity index (χ1v) is 7.58. The van der Waals surface area contributed by atoms with E-state index >= 15 is 0 Å². The average Bonchev–Trinajstić information content (AvgIpc) is 3.00. The van der Waals surface area contributed by atoms with Crippen LogP contribution in [0.3, 0.4) is 0 Å². The lowest BCUT2D eigenvalue weighted by atomic mass is 10.2. The molecule has 0 saturated carbocycles. The number of nitrogens with zero attached hydrogens (tertiary/aromatic N) is 3. The van der Waals surface area contributed by atoms with E-state index in [1.54, 1.807) is 36.7 Å². The Bertz CT molecular complexity index is 890. The smallest absolute Gasteiger partial charge is 0.350 e. The van der Waals surface area contributed by atoms with Gasteiger partial charge in [0.05, 0.1) is 11.0 Å². The second kappa shape index (κ2) is 6.54. The Morgan fingerprint density at radius 2 is 1.88 bits per heavy atom. The van der Waals surface area contributed by atoms with Crippen molar-refractivity contribution in [2.24, 2.45) is 0 Å². The fraction of sp³-hybridized carbons (Fsp3) is 0.235. The van der Waals surface area contributed by atoms with Crippen LogP contribution in [0.4, 0.5) is 13.2 Å². The van der Waals surface area contributed by atoms with Crippen molar-refractivity contribution in [1.29, 1.82) is 0 Å². The van der Waals surface area contributed by atoms with Gasteiger partial charge >= 0.3 is 6.18 Å². The molecule has 0 fully saturated rings. The van der Waals surface area contributed by atoms with E-state index in [9.17, 15) is 18.0 Å². The molecule has 1 unspecified atom stereocenters. The second-order valence-corrected chi connectivity index (χ2v) is 5.54. The van der Waals surface area contributed by atoms with Crippen molar-refractivity contribution >= 4 is 16.9 Å². The Morgan fingerprint density at radius 3 is 2.56 bits per heavy atom. The van der Waals surface area contributed by atoms with Gasteiger partial charge in [0, 0.05) is 18.9 Å². The third kappa shape index (κ3) is 3.47. The van der Waals surface area contributed by atoms with E-state index in [-0.39, 0.29) is 17.6 Å². The topological polar surface area (TPSA) is 59.8 Å². The molecule has 1 atom stereocenters. The molecule has 3 aromatic rings. The van der Waals surface area contributed by atoms with Gasteiger partial charge in [-0.3, -0.25) is 9.78 Å². The molecular formula is C17H15F3N4O. The Kier molecular flexibility index (Phi) is 4.43. The van der Waals surface area contributed by atoms with Crippen LogP contribution in [0.1, 0.15) is 24.4 Å². The van der Waals surface area contributed by atoms with Crippen LogP contribution in [0.25, 0.3) is 11.0 Å². The highest BCUT2D eigenvalue weighted by molar-refractivity contribution is 5.84. The fourth-order valence-electron chi connectivity index (χ4n) is 2.59. The van der Waals surface area contributed by atoms with E-state index in [0.717, 1.165) is 10.1 Å². The van der Waals surface area contributed by atoms with Gasteiger partial charge in [-0.1, -0.05) is 12.1 Å². The minimum Gasteiger partial charge on any atom is -0.350 e. The summed E-state index contributed by atoms with van der Waals surface area (Å²) in [4.78, 5) is 19.9. The standard InChI is InChI=1S/C17H15F3N4O/c1-11(15(25)22-10-12-6-8-21-9-7-12)24-14-5-3-2-4-13(14)23-16(24)17(18,19)20/h2-9,11H,10H2,1H3,(H,22,25). The SMILES string of the molecule is CC(C(=O)NCc1ccncc1)n1c(C(F)(F)F)nc2ccccc21. The number of nitrogens with one attached hydrogen (secondary N) is 1. The number of amides is 1. The number of aromatic nitrogens is 3. The van der Waals surface area contributed by atoms with Gasteiger partial charge in [-0.05, 0) is 36.8 Å². The van der Waals surface area contributed by atoms with Crippen molar-refractivity contribution in [3.63, 3.8) is 0 Å². The summed E-state index contributed by atoms with van der Waals surface area (Å²) >= 11 is 0. The van der Waals surface area contributed by atoms with Gasteiger partial charge in [0.2, 0.25) is 11.7 Å². The third-order valence-corrected chi connectivity index (χ3v) is 3.83. The Morgan fingerprint density at radius 1 is 1.20 bits per heavy atom. The first kappa shape index (κ1) is 16.9. The molecule has 0 aliphatic heterocycles. The maximum atomic E-state index is 13.3. The number of benzene rings is 1. The van der Waals surface area contributed by atoms with Crippen molar-refractivity contribution in [3.05, 3.63) is 60.2 Å². The van der Waals surface area contributed by atoms with Crippen LogP contribution in [0.15, 0.2) is 48.8 Å². The van der Waals surface area contributed by atoms with E-state index < -0.39 is 23.9 Å². The molecule has 5 nitrogen and oxygen atoms in total. The Balaban J connectivity index is 1.90. The number of carbonyl (C=O) groups is 1. The molecule has 0 aliphatic carbocycles. The second-order valence-electron chi connectivity index (χ2n) is 5.54. The van der Waals surface area contributed by atoms with Gasteiger partial charge in [0.1, 0.15) is 6.04 Å². The molecule has 25 heavy (non-hydrogen) atoms. The van der Waals surface area contributed by atoms with Gasteiger partial charge in [-0.25, -0.2) is 4.98 Å². The van der Waals surface area contributed by atoms with Gasteiger partial charge in [0.25, 0.3) is 0 Å². The number of hydrogen-bond donors (Lipinski definition) is 1. The molecule has 0 aliphatic rings. The zero-order valence-corrected chi connectivity index (χ0v) is 13.3. The lowest BCUT2D eigenvalue weighted by Crippen LogP contribution is -2.32. The van der Waals surface area contributed by atoms with E-state index in [4.69, 9.17) is 0 Å². The molecule has 0 saturated heterocycles. The molecule has 1 N–H and O–H groups in total. The summed E-state index contributed by atoms with van der Waals surface area (Å²) in [6, 6.07) is 8.60. The van der Waals surface area contributed by atoms with Crippen molar-refractivity contribution in [1.82, 2.24) is 19.9 Å². The highest BCUT2D eigenvalue weighted by atomic mass is 19.4. The number of rotatable bonds is 4. The largest absolute Gasteiger partial charge is 0.449 e. The number of halogens is 3. The number of pyridine rings is 1. The maximum absolute atomic E-state index is 13.3. The van der Waals surface area contributed by atoms with Crippen molar-refractivity contribution in [2.45, 2.75) is 25.7 Å². The predicted molar refractivity (Wildman–Crippen MR) is 85.5 cm³/mol. The molecule has 0 bridgehead atoms. The maximum Gasteiger partial charge on any atom is 0.449 e. The first-order valence-electron chi connectivity index (χ1n) is 7.58. The minimum atomic E-state index is -4.65. The monoisotopic (exact) mass is 348 g/mol. The molecule has 0 radical (unpaired) electrons. The summed E-state index contributed by atoms with van der Waals surface area (Å²) in [6.07, 6.45) is -1.50. The van der Waals surface area contributed by atoms with Crippen molar-refractivity contribution in [2.75, 3.05) is 0 Å². The molecular weight excluding hydrogens is 333 g/mol. The molecule has 3 rings (SSSR count). The molecule has 0 spiro atoms. The molecule has 1 amide bonds. The van der Waals surface area contributed by atoms with Gasteiger partial charge in [-0.2, -0.15) is 13.2 Å². The van der Waals surface area contributed by atoms with Gasteiger partial charge < -0.3 is 9.88 Å². The van der Waals surface area contributed by atoms with Crippen LogP contribution in [-0.4, -0.2) is 20.4 Å². The van der Waals surface area contributed by atoms with E-state index in [2.05, 4.69) is 15.3 Å².